The van der Waals surface area contributed by atoms with Crippen LogP contribution in [0.1, 0.15) is 23.6 Å². The largest absolute Gasteiger partial charge is 0.361 e. The molecule has 0 aliphatic heterocycles. The van der Waals surface area contributed by atoms with Gasteiger partial charge >= 0.3 is 0 Å². The van der Waals surface area contributed by atoms with Gasteiger partial charge in [-0.15, -0.1) is 0 Å². The van der Waals surface area contributed by atoms with Crippen LogP contribution in [0.5, 0.6) is 0 Å². The van der Waals surface area contributed by atoms with Gasteiger partial charge in [-0.1, -0.05) is 109 Å². The van der Waals surface area contributed by atoms with Crippen LogP contribution in [-0.4, -0.2) is 11.6 Å². The van der Waals surface area contributed by atoms with Crippen molar-refractivity contribution >= 4 is 10.8 Å². The molecule has 0 radical (unpaired) electrons. The molecule has 2 nitrogen and oxygen atoms in total. The Morgan fingerprint density at radius 2 is 1.28 bits per heavy atom. The van der Waals surface area contributed by atoms with Crippen molar-refractivity contribution < 1.29 is 4.74 Å². The van der Waals surface area contributed by atoms with Gasteiger partial charge in [0, 0.05) is 34.2 Å². The van der Waals surface area contributed by atoms with E-state index in [1.807, 2.05) is 6.07 Å². The number of fused-ring (bicyclic) bond motifs is 5. The first-order valence-electron chi connectivity index (χ1n) is 11.1. The molecule has 0 N–H and O–H groups in total. The van der Waals surface area contributed by atoms with Crippen LogP contribution in [0.3, 0.4) is 0 Å². The first-order chi connectivity index (χ1) is 15.8. The Morgan fingerprint density at radius 3 is 2.03 bits per heavy atom. The third kappa shape index (κ3) is 2.60. The van der Waals surface area contributed by atoms with Gasteiger partial charge in [-0.05, 0) is 17.9 Å². The van der Waals surface area contributed by atoms with Gasteiger partial charge in [0.1, 0.15) is 5.60 Å². The molecule has 2 heteroatoms. The predicted octanol–water partition coefficient (Wildman–Crippen LogP) is 7.21. The summed E-state index contributed by atoms with van der Waals surface area (Å²) in [4.78, 5) is 5.32. The van der Waals surface area contributed by atoms with E-state index in [9.17, 15) is 0 Å². The molecule has 6 rings (SSSR count). The summed E-state index contributed by atoms with van der Waals surface area (Å²) in [5, 5.41) is 2.33. The molecular weight excluding hydrogens is 390 g/mol. The molecule has 154 valence electrons. The molecule has 4 aromatic carbocycles. The van der Waals surface area contributed by atoms with Gasteiger partial charge in [0.25, 0.3) is 0 Å². The molecule has 0 saturated carbocycles. The zero-order chi connectivity index (χ0) is 21.5. The Balaban J connectivity index is 1.80. The fraction of sp³-hybridized carbons (Fsp3) is 0.100. The van der Waals surface area contributed by atoms with Gasteiger partial charge in [0.15, 0.2) is 0 Å². The van der Waals surface area contributed by atoms with Gasteiger partial charge in [0.2, 0.25) is 0 Å². The predicted molar refractivity (Wildman–Crippen MR) is 131 cm³/mol. The van der Waals surface area contributed by atoms with Crippen molar-refractivity contribution in [1.82, 2.24) is 4.98 Å². The highest BCUT2D eigenvalue weighted by atomic mass is 16.5. The summed E-state index contributed by atoms with van der Waals surface area (Å²) in [6.07, 6.45) is 0. The van der Waals surface area contributed by atoms with Crippen LogP contribution in [-0.2, 0) is 10.3 Å². The molecule has 1 aromatic heterocycles. The number of nitrogens with zero attached hydrogens (tertiary/aromatic N) is 1. The van der Waals surface area contributed by atoms with Gasteiger partial charge in [0.05, 0.1) is 11.4 Å². The third-order valence-electron chi connectivity index (χ3n) is 6.41. The van der Waals surface area contributed by atoms with E-state index in [4.69, 9.17) is 9.72 Å². The van der Waals surface area contributed by atoms with Gasteiger partial charge in [-0.2, -0.15) is 0 Å². The Kier molecular flexibility index (Phi) is 4.41. The summed E-state index contributed by atoms with van der Waals surface area (Å²) in [6.45, 7) is 2.66. The fourth-order valence-corrected chi connectivity index (χ4v) is 5.18. The summed E-state index contributed by atoms with van der Waals surface area (Å²) in [5.74, 6) is 0. The van der Waals surface area contributed by atoms with E-state index in [0.717, 1.165) is 44.6 Å². The standard InChI is InChI=1S/C30H23NO/c1-2-32-30(22-15-7-4-8-16-22)26-20-12-11-19-25(26)29-27(30)23-17-9-10-18-24(23)28(31-29)21-13-5-3-6-14-21/h3-20H,2H2,1H3. The molecule has 0 saturated heterocycles. The summed E-state index contributed by atoms with van der Waals surface area (Å²) in [7, 11) is 0. The number of hydrogen-bond acceptors (Lipinski definition) is 2. The Hall–Kier alpha value is -3.75. The maximum Gasteiger partial charge on any atom is 0.147 e. The zero-order valence-corrected chi connectivity index (χ0v) is 18.0. The molecule has 1 aliphatic carbocycles. The highest BCUT2D eigenvalue weighted by molar-refractivity contribution is 6.03. The number of pyridine rings is 1. The molecular formula is C30H23NO. The molecule has 1 aliphatic rings. The highest BCUT2D eigenvalue weighted by Crippen LogP contribution is 2.55. The van der Waals surface area contributed by atoms with Crippen molar-refractivity contribution in [2.24, 2.45) is 0 Å². The first-order valence-corrected chi connectivity index (χ1v) is 11.1. The Morgan fingerprint density at radius 1 is 0.656 bits per heavy atom. The van der Waals surface area contributed by atoms with Gasteiger partial charge < -0.3 is 4.74 Å². The van der Waals surface area contributed by atoms with Gasteiger partial charge in [-0.3, -0.25) is 0 Å². The van der Waals surface area contributed by atoms with E-state index in [1.165, 1.54) is 5.39 Å². The molecule has 0 bridgehead atoms. The van der Waals surface area contributed by atoms with Crippen LogP contribution >= 0.6 is 0 Å². The van der Waals surface area contributed by atoms with E-state index >= 15 is 0 Å². The van der Waals surface area contributed by atoms with Crippen LogP contribution in [0.4, 0.5) is 0 Å². The Labute approximate surface area is 188 Å². The SMILES string of the molecule is CCOC1(c2ccccc2)c2ccccc2-c2nc(-c3ccccc3)c3ccccc3c21. The average Bonchev–Trinajstić information content (AvgIpc) is 3.16. The fourth-order valence-electron chi connectivity index (χ4n) is 5.18. The maximum absolute atomic E-state index is 6.74. The lowest BCUT2D eigenvalue weighted by molar-refractivity contribution is 0.0259. The molecule has 0 fully saturated rings. The number of hydrogen-bond donors (Lipinski definition) is 0. The second-order valence-electron chi connectivity index (χ2n) is 8.12. The molecule has 0 amide bonds. The van der Waals surface area contributed by atoms with Crippen LogP contribution < -0.4 is 0 Å². The Bertz CT molecular complexity index is 1430. The van der Waals surface area contributed by atoms with E-state index in [1.54, 1.807) is 0 Å². The van der Waals surface area contributed by atoms with E-state index in [2.05, 4.69) is 110 Å². The van der Waals surface area contributed by atoms with Crippen LogP contribution in [0, 0.1) is 0 Å². The maximum atomic E-state index is 6.74. The average molecular weight is 414 g/mol. The topological polar surface area (TPSA) is 22.1 Å². The van der Waals surface area contributed by atoms with Crippen LogP contribution in [0.2, 0.25) is 0 Å². The lowest BCUT2D eigenvalue weighted by atomic mass is 9.82. The highest BCUT2D eigenvalue weighted by Gasteiger charge is 2.48. The lowest BCUT2D eigenvalue weighted by Gasteiger charge is -2.33. The minimum atomic E-state index is -0.691. The summed E-state index contributed by atoms with van der Waals surface area (Å²) in [6, 6.07) is 38.2. The molecule has 5 aromatic rings. The van der Waals surface area contributed by atoms with Crippen LogP contribution in [0.25, 0.3) is 33.3 Å². The summed E-state index contributed by atoms with van der Waals surface area (Å²) < 4.78 is 6.74. The van der Waals surface area contributed by atoms with Gasteiger partial charge in [-0.25, -0.2) is 4.98 Å². The lowest BCUT2D eigenvalue weighted by Crippen LogP contribution is -2.31. The molecule has 0 spiro atoms. The van der Waals surface area contributed by atoms with Crippen molar-refractivity contribution in [3.05, 3.63) is 126 Å². The number of aromatic nitrogens is 1. The first kappa shape index (κ1) is 19.0. The number of rotatable bonds is 4. The van der Waals surface area contributed by atoms with E-state index in [0.29, 0.717) is 6.61 Å². The summed E-state index contributed by atoms with van der Waals surface area (Å²) in [5.41, 5.74) is 7.02. The normalized spacial score (nSPS) is 16.7. The number of benzene rings is 4. The molecule has 1 atom stereocenters. The van der Waals surface area contributed by atoms with Crippen molar-refractivity contribution in [3.63, 3.8) is 0 Å². The van der Waals surface area contributed by atoms with Crippen molar-refractivity contribution in [2.45, 2.75) is 12.5 Å². The van der Waals surface area contributed by atoms with Crippen molar-refractivity contribution in [1.29, 1.82) is 0 Å². The van der Waals surface area contributed by atoms with Crippen molar-refractivity contribution in [2.75, 3.05) is 6.61 Å². The van der Waals surface area contributed by atoms with E-state index in [-0.39, 0.29) is 0 Å². The monoisotopic (exact) mass is 413 g/mol. The third-order valence-corrected chi connectivity index (χ3v) is 6.41. The molecule has 1 unspecified atom stereocenters. The summed E-state index contributed by atoms with van der Waals surface area (Å²) >= 11 is 0. The minimum Gasteiger partial charge on any atom is -0.361 e. The van der Waals surface area contributed by atoms with E-state index < -0.39 is 5.60 Å². The quantitative estimate of drug-likeness (QED) is 0.310. The molecule has 1 heterocycles. The minimum absolute atomic E-state index is 0.595. The zero-order valence-electron chi connectivity index (χ0n) is 18.0. The smallest absolute Gasteiger partial charge is 0.147 e. The second kappa shape index (κ2) is 7.44. The van der Waals surface area contributed by atoms with Crippen molar-refractivity contribution in [3.8, 4) is 22.5 Å². The molecule has 32 heavy (non-hydrogen) atoms. The second-order valence-corrected chi connectivity index (χ2v) is 8.12. The van der Waals surface area contributed by atoms with Crippen LogP contribution in [0.15, 0.2) is 109 Å². The number of ether oxygens (including phenoxy) is 1.